The van der Waals surface area contributed by atoms with Crippen LogP contribution in [-0.4, -0.2) is 50.4 Å². The van der Waals surface area contributed by atoms with Crippen molar-refractivity contribution in [3.8, 4) is 0 Å². The van der Waals surface area contributed by atoms with E-state index in [0.29, 0.717) is 18.4 Å². The number of Topliss-reactive ketones (excluding diaryl/α,β-unsaturated/α-hetero) is 1. The van der Waals surface area contributed by atoms with Gasteiger partial charge in [-0.25, -0.2) is 0 Å². The first-order valence-corrected chi connectivity index (χ1v) is 19.2. The van der Waals surface area contributed by atoms with Gasteiger partial charge in [-0.1, -0.05) is 130 Å². The molecule has 54 heavy (non-hydrogen) atoms. The molecule has 2 N–H and O–H groups in total. The third-order valence-electron chi connectivity index (χ3n) is 13.3. The first kappa shape index (κ1) is 36.3. The fraction of sp³-hybridized carbons (Fsp3) is 0.383. The van der Waals surface area contributed by atoms with E-state index in [1.807, 2.05) is 79.7 Å². The van der Waals surface area contributed by atoms with Crippen molar-refractivity contribution in [2.45, 2.75) is 75.8 Å². The molecule has 7 atom stereocenters. The van der Waals surface area contributed by atoms with Crippen molar-refractivity contribution >= 4 is 11.8 Å². The van der Waals surface area contributed by atoms with Gasteiger partial charge in [0.2, 0.25) is 0 Å². The molecule has 0 aliphatic heterocycles. The highest BCUT2D eigenvalue weighted by atomic mass is 16.6. The van der Waals surface area contributed by atoms with Crippen LogP contribution < -0.4 is 0 Å². The second-order valence-electron chi connectivity index (χ2n) is 16.6. The van der Waals surface area contributed by atoms with E-state index in [4.69, 9.17) is 9.47 Å². The van der Waals surface area contributed by atoms with E-state index in [-0.39, 0.29) is 37.1 Å². The molecule has 0 saturated heterocycles. The molecule has 0 radical (unpaired) electrons. The Hall–Kier alpha value is -4.69. The average Bonchev–Trinajstić information content (AvgIpc) is 3.59. The zero-order valence-electron chi connectivity index (χ0n) is 31.4. The molecule has 4 aliphatic rings. The van der Waals surface area contributed by atoms with Crippen LogP contribution in [-0.2, 0) is 31.1 Å². The lowest BCUT2D eigenvalue weighted by atomic mass is 9.60. The number of aryl methyl sites for hydroxylation is 1. The molecule has 2 fully saturated rings. The molecule has 4 aromatic rings. The maximum absolute atomic E-state index is 14.0. The number of carbonyl (C=O) groups is 2. The van der Waals surface area contributed by atoms with Gasteiger partial charge in [-0.3, -0.25) is 14.6 Å². The predicted molar refractivity (Wildman–Crippen MR) is 206 cm³/mol. The first-order valence-electron chi connectivity index (χ1n) is 19.2. The van der Waals surface area contributed by atoms with Crippen LogP contribution in [0, 0.1) is 29.1 Å². The summed E-state index contributed by atoms with van der Waals surface area (Å²) in [5.41, 5.74) is -0.874. The highest BCUT2D eigenvalue weighted by molar-refractivity contribution is 6.04. The number of carbonyl (C=O) groups excluding carboxylic acids is 2. The van der Waals surface area contributed by atoms with Crippen LogP contribution in [0.4, 0.5) is 0 Å². The van der Waals surface area contributed by atoms with Crippen LogP contribution in [0.5, 0.6) is 0 Å². The third-order valence-corrected chi connectivity index (χ3v) is 13.3. The molecule has 2 saturated carbocycles. The number of rotatable bonds is 10. The summed E-state index contributed by atoms with van der Waals surface area (Å²) >= 11 is 0. The Balaban J connectivity index is 1.20. The molecular weight excluding hydrogens is 675 g/mol. The number of hydrogen-bond acceptors (Lipinski definition) is 7. The van der Waals surface area contributed by atoms with E-state index in [9.17, 15) is 19.8 Å². The maximum atomic E-state index is 14.0. The summed E-state index contributed by atoms with van der Waals surface area (Å²) in [7, 11) is 0. The fourth-order valence-electron chi connectivity index (χ4n) is 10.6. The molecule has 0 bridgehead atoms. The lowest BCUT2D eigenvalue weighted by Crippen LogP contribution is -2.61. The van der Waals surface area contributed by atoms with E-state index < -0.39 is 45.6 Å². The molecule has 7 nitrogen and oxygen atoms in total. The largest absolute Gasteiger partial charge is 0.458 e. The van der Waals surface area contributed by atoms with E-state index in [0.717, 1.165) is 28.0 Å². The summed E-state index contributed by atoms with van der Waals surface area (Å²) in [6.07, 6.45) is 6.65. The second kappa shape index (κ2) is 13.3. The lowest BCUT2D eigenvalue weighted by Gasteiger charge is -2.50. The summed E-state index contributed by atoms with van der Waals surface area (Å²) in [6, 6.07) is 36.0. The standard InChI is InChI=1S/C47H49NO6/c1-31-26-39-44(51,42(31)50)29-33(30-53-47(34-16-8-5-9-17-34,35-18-10-6-11-19-35)36-20-12-7-13-21-36)27-38-41-43(3,4)45(41,28-32(2)46(38,39)52)54-40(49)24-23-37-22-14-15-25-48-37/h5-22,25-27,32,38-39,41,51-52H,23-24,28-30H2,1-4H3/t32-,38+,39-,41-,44-,45+,46-/m1/s1. The average molecular weight is 724 g/mol. The molecule has 1 aromatic heterocycles. The van der Waals surface area contributed by atoms with Crippen molar-refractivity contribution in [2.75, 3.05) is 6.61 Å². The SMILES string of the molecule is CC1=C[C@H]2[C@@]3(O)[C@H](C)C[C@]4(OC(=O)CCc5ccccn5)[C@H]([C@@H]3C=C(COC(c3ccccc3)(c3ccccc3)c3ccccc3)C[C@]2(O)C1=O)C4(C)C. The van der Waals surface area contributed by atoms with E-state index >= 15 is 0 Å². The first-order chi connectivity index (χ1) is 25.9. The van der Waals surface area contributed by atoms with Crippen molar-refractivity contribution < 1.29 is 29.3 Å². The number of fused-ring (bicyclic) bond motifs is 5. The minimum atomic E-state index is -1.86. The fourth-order valence-corrected chi connectivity index (χ4v) is 10.6. The van der Waals surface area contributed by atoms with Crippen LogP contribution in [0.15, 0.2) is 139 Å². The molecule has 3 aromatic carbocycles. The summed E-state index contributed by atoms with van der Waals surface area (Å²) in [5.74, 6) is -2.71. The Morgan fingerprint density at radius 1 is 0.852 bits per heavy atom. The van der Waals surface area contributed by atoms with E-state index in [2.05, 4.69) is 61.3 Å². The maximum Gasteiger partial charge on any atom is 0.306 e. The minimum Gasteiger partial charge on any atom is -0.458 e. The van der Waals surface area contributed by atoms with Crippen molar-refractivity contribution in [3.05, 3.63) is 161 Å². The van der Waals surface area contributed by atoms with Crippen molar-refractivity contribution in [2.24, 2.45) is 29.1 Å². The number of ketones is 1. The highest BCUT2D eigenvalue weighted by Gasteiger charge is 2.83. The number of hydrogen-bond donors (Lipinski definition) is 2. The summed E-state index contributed by atoms with van der Waals surface area (Å²) in [6.45, 7) is 7.98. The van der Waals surface area contributed by atoms with Gasteiger partial charge in [0.1, 0.15) is 16.8 Å². The molecule has 278 valence electrons. The van der Waals surface area contributed by atoms with Gasteiger partial charge in [0.15, 0.2) is 5.78 Å². The van der Waals surface area contributed by atoms with Gasteiger partial charge in [0.05, 0.1) is 18.6 Å². The normalized spacial score (nSPS) is 30.9. The quantitative estimate of drug-likeness (QED) is 0.0989. The number of nitrogens with zero attached hydrogens (tertiary/aromatic N) is 1. The van der Waals surface area contributed by atoms with Gasteiger partial charge in [-0.05, 0) is 59.2 Å². The minimum absolute atomic E-state index is 0.00826. The molecule has 7 heteroatoms. The summed E-state index contributed by atoms with van der Waals surface area (Å²) < 4.78 is 13.8. The predicted octanol–water partition coefficient (Wildman–Crippen LogP) is 7.55. The van der Waals surface area contributed by atoms with Crippen LogP contribution >= 0.6 is 0 Å². The van der Waals surface area contributed by atoms with Crippen LogP contribution in [0.2, 0.25) is 0 Å². The molecule has 0 spiro atoms. The number of aliphatic hydroxyl groups is 2. The van der Waals surface area contributed by atoms with Gasteiger partial charge in [0.25, 0.3) is 0 Å². The number of pyridine rings is 1. The molecule has 0 amide bonds. The third kappa shape index (κ3) is 5.46. The van der Waals surface area contributed by atoms with E-state index in [1.165, 1.54) is 0 Å². The van der Waals surface area contributed by atoms with Crippen LogP contribution in [0.1, 0.15) is 69.3 Å². The topological polar surface area (TPSA) is 106 Å². The molecule has 0 unspecified atom stereocenters. The monoisotopic (exact) mass is 723 g/mol. The van der Waals surface area contributed by atoms with Gasteiger partial charge in [-0.2, -0.15) is 0 Å². The molecule has 4 aliphatic carbocycles. The summed E-state index contributed by atoms with van der Waals surface area (Å²) in [5, 5.41) is 25.7. The Morgan fingerprint density at radius 3 is 1.98 bits per heavy atom. The number of benzene rings is 3. The van der Waals surface area contributed by atoms with Crippen molar-refractivity contribution in [3.63, 3.8) is 0 Å². The Kier molecular flexibility index (Phi) is 8.91. The highest BCUT2D eigenvalue weighted by Crippen LogP contribution is 2.76. The lowest BCUT2D eigenvalue weighted by molar-refractivity contribution is -0.187. The van der Waals surface area contributed by atoms with Gasteiger partial charge in [0, 0.05) is 47.9 Å². The Labute approximate surface area is 317 Å². The number of aromatic nitrogens is 1. The van der Waals surface area contributed by atoms with Gasteiger partial charge < -0.3 is 19.7 Å². The molecular formula is C47H49NO6. The smallest absolute Gasteiger partial charge is 0.306 e. The Morgan fingerprint density at radius 2 is 1.43 bits per heavy atom. The van der Waals surface area contributed by atoms with Gasteiger partial charge in [-0.15, -0.1) is 0 Å². The second-order valence-corrected chi connectivity index (χ2v) is 16.6. The van der Waals surface area contributed by atoms with Crippen molar-refractivity contribution in [1.29, 1.82) is 0 Å². The molecule has 8 rings (SSSR count). The van der Waals surface area contributed by atoms with Crippen LogP contribution in [0.3, 0.4) is 0 Å². The molecule has 1 heterocycles. The summed E-state index contributed by atoms with van der Waals surface area (Å²) in [4.78, 5) is 31.9. The van der Waals surface area contributed by atoms with Crippen molar-refractivity contribution in [1.82, 2.24) is 4.98 Å². The number of ether oxygens (including phenoxy) is 2. The van der Waals surface area contributed by atoms with Crippen LogP contribution in [0.25, 0.3) is 0 Å². The zero-order valence-corrected chi connectivity index (χ0v) is 31.4. The van der Waals surface area contributed by atoms with E-state index in [1.54, 1.807) is 19.2 Å². The number of esters is 1. The van der Waals surface area contributed by atoms with Gasteiger partial charge >= 0.3 is 5.97 Å². The zero-order chi connectivity index (χ0) is 37.9. The Bertz CT molecular complexity index is 2000.